The van der Waals surface area contributed by atoms with E-state index in [9.17, 15) is 0 Å². The Morgan fingerprint density at radius 3 is 2.78 bits per heavy atom. The average molecular weight is 311 g/mol. The number of likely N-dealkylation sites (tertiary alicyclic amines) is 1. The number of allylic oxidation sites excluding steroid dienone is 1. The van der Waals surface area contributed by atoms with Crippen molar-refractivity contribution < 1.29 is 0 Å². The van der Waals surface area contributed by atoms with Gasteiger partial charge in [0.25, 0.3) is 0 Å². The van der Waals surface area contributed by atoms with Crippen molar-refractivity contribution in [1.82, 2.24) is 4.90 Å². The number of benzene rings is 1. The van der Waals surface area contributed by atoms with E-state index in [-0.39, 0.29) is 0 Å². The SMILES string of the molecule is C=C(CCc1ccccc1)N1CCC(/C(C)=N/N=C/C(C)C)C1. The summed E-state index contributed by atoms with van der Waals surface area (Å²) in [5, 5.41) is 8.55. The van der Waals surface area contributed by atoms with Gasteiger partial charge < -0.3 is 4.90 Å². The second-order valence-corrected chi connectivity index (χ2v) is 6.73. The Labute approximate surface area is 140 Å². The van der Waals surface area contributed by atoms with Gasteiger partial charge in [0, 0.05) is 36.6 Å². The molecule has 1 aromatic rings. The van der Waals surface area contributed by atoms with Crippen molar-refractivity contribution >= 4 is 11.9 Å². The van der Waals surface area contributed by atoms with Crippen LogP contribution in [0.1, 0.15) is 39.2 Å². The molecule has 1 heterocycles. The van der Waals surface area contributed by atoms with Gasteiger partial charge >= 0.3 is 0 Å². The van der Waals surface area contributed by atoms with E-state index in [0.717, 1.165) is 38.1 Å². The lowest BCUT2D eigenvalue weighted by molar-refractivity contribution is 0.404. The fourth-order valence-corrected chi connectivity index (χ4v) is 2.82. The van der Waals surface area contributed by atoms with Gasteiger partial charge in [0.2, 0.25) is 0 Å². The van der Waals surface area contributed by atoms with Crippen molar-refractivity contribution in [2.24, 2.45) is 22.0 Å². The second kappa shape index (κ2) is 8.66. The summed E-state index contributed by atoms with van der Waals surface area (Å²) in [6, 6.07) is 10.6. The summed E-state index contributed by atoms with van der Waals surface area (Å²) in [5.41, 5.74) is 3.76. The zero-order valence-electron chi connectivity index (χ0n) is 14.7. The lowest BCUT2D eigenvalue weighted by Crippen LogP contribution is -2.22. The fraction of sp³-hybridized carbons (Fsp3) is 0.500. The fourth-order valence-electron chi connectivity index (χ4n) is 2.82. The van der Waals surface area contributed by atoms with E-state index in [0.29, 0.717) is 11.8 Å². The molecule has 0 saturated carbocycles. The van der Waals surface area contributed by atoms with Gasteiger partial charge in [0.15, 0.2) is 0 Å². The molecule has 0 aromatic heterocycles. The molecule has 1 fully saturated rings. The Morgan fingerprint density at radius 1 is 1.35 bits per heavy atom. The van der Waals surface area contributed by atoms with Crippen molar-refractivity contribution in [1.29, 1.82) is 0 Å². The Balaban J connectivity index is 1.81. The first kappa shape index (κ1) is 17.5. The summed E-state index contributed by atoms with van der Waals surface area (Å²) in [4.78, 5) is 2.42. The summed E-state index contributed by atoms with van der Waals surface area (Å²) >= 11 is 0. The Morgan fingerprint density at radius 2 is 2.09 bits per heavy atom. The van der Waals surface area contributed by atoms with E-state index >= 15 is 0 Å². The summed E-state index contributed by atoms with van der Waals surface area (Å²) < 4.78 is 0. The summed E-state index contributed by atoms with van der Waals surface area (Å²) in [6.45, 7) is 12.7. The van der Waals surface area contributed by atoms with Gasteiger partial charge in [-0.3, -0.25) is 0 Å². The first-order chi connectivity index (χ1) is 11.1. The average Bonchev–Trinajstić information content (AvgIpc) is 3.03. The first-order valence-electron chi connectivity index (χ1n) is 8.60. The highest BCUT2D eigenvalue weighted by molar-refractivity contribution is 5.85. The quantitative estimate of drug-likeness (QED) is 0.536. The minimum Gasteiger partial charge on any atom is -0.375 e. The van der Waals surface area contributed by atoms with E-state index in [1.54, 1.807) is 0 Å². The number of aryl methyl sites for hydroxylation is 1. The molecular weight excluding hydrogens is 282 g/mol. The van der Waals surface area contributed by atoms with Crippen LogP contribution >= 0.6 is 0 Å². The summed E-state index contributed by atoms with van der Waals surface area (Å²) in [7, 11) is 0. The van der Waals surface area contributed by atoms with Crippen LogP contribution in [0.5, 0.6) is 0 Å². The third-order valence-corrected chi connectivity index (χ3v) is 4.35. The van der Waals surface area contributed by atoms with Crippen LogP contribution in [0.15, 0.2) is 52.8 Å². The molecular formula is C20H29N3. The van der Waals surface area contributed by atoms with Gasteiger partial charge in [0.1, 0.15) is 0 Å². The molecule has 0 aliphatic carbocycles. The van der Waals surface area contributed by atoms with Crippen molar-refractivity contribution in [3.05, 3.63) is 48.2 Å². The molecule has 1 unspecified atom stereocenters. The van der Waals surface area contributed by atoms with Crippen molar-refractivity contribution in [2.45, 2.75) is 40.0 Å². The molecule has 0 N–H and O–H groups in total. The molecule has 1 aromatic carbocycles. The van der Waals surface area contributed by atoms with Crippen molar-refractivity contribution in [2.75, 3.05) is 13.1 Å². The van der Waals surface area contributed by atoms with E-state index in [4.69, 9.17) is 0 Å². The van der Waals surface area contributed by atoms with Crippen molar-refractivity contribution in [3.63, 3.8) is 0 Å². The topological polar surface area (TPSA) is 28.0 Å². The van der Waals surface area contributed by atoms with Crippen LogP contribution in [-0.2, 0) is 6.42 Å². The lowest BCUT2D eigenvalue weighted by Gasteiger charge is -2.21. The van der Waals surface area contributed by atoms with Crippen LogP contribution < -0.4 is 0 Å². The third-order valence-electron chi connectivity index (χ3n) is 4.35. The smallest absolute Gasteiger partial charge is 0.0424 e. The second-order valence-electron chi connectivity index (χ2n) is 6.73. The maximum Gasteiger partial charge on any atom is 0.0424 e. The molecule has 0 bridgehead atoms. The first-order valence-corrected chi connectivity index (χ1v) is 8.60. The van der Waals surface area contributed by atoms with Crippen LogP contribution in [0, 0.1) is 11.8 Å². The standard InChI is InChI=1S/C20H29N3/c1-16(2)14-21-22-18(4)20-12-13-23(15-20)17(3)10-11-19-8-6-5-7-9-19/h5-9,14,16,20H,3,10-13,15H2,1-2,4H3/b21-14+,22-18+. The maximum atomic E-state index is 4.36. The Kier molecular flexibility index (Phi) is 6.57. The van der Waals surface area contributed by atoms with Crippen LogP contribution in [0.2, 0.25) is 0 Å². The third kappa shape index (κ3) is 5.66. The normalized spacial score (nSPS) is 19.0. The predicted octanol–water partition coefficient (Wildman–Crippen LogP) is 4.56. The van der Waals surface area contributed by atoms with Crippen LogP contribution in [0.4, 0.5) is 0 Å². The van der Waals surface area contributed by atoms with Crippen LogP contribution in [0.25, 0.3) is 0 Å². The van der Waals surface area contributed by atoms with Gasteiger partial charge in [-0.15, -0.1) is 0 Å². The van der Waals surface area contributed by atoms with E-state index in [1.165, 1.54) is 11.3 Å². The Bertz CT molecular complexity index is 558. The molecule has 2 rings (SSSR count). The largest absolute Gasteiger partial charge is 0.375 e. The van der Waals surface area contributed by atoms with Crippen LogP contribution in [-0.4, -0.2) is 29.9 Å². The van der Waals surface area contributed by atoms with Gasteiger partial charge in [0.05, 0.1) is 0 Å². The van der Waals surface area contributed by atoms with Gasteiger partial charge in [-0.1, -0.05) is 50.8 Å². The highest BCUT2D eigenvalue weighted by Gasteiger charge is 2.25. The number of nitrogens with zero attached hydrogens (tertiary/aromatic N) is 3. The number of hydrogen-bond acceptors (Lipinski definition) is 3. The number of rotatable bonds is 7. The molecule has 3 heteroatoms. The maximum absolute atomic E-state index is 4.36. The monoisotopic (exact) mass is 311 g/mol. The molecule has 3 nitrogen and oxygen atoms in total. The van der Waals surface area contributed by atoms with Gasteiger partial charge in [-0.25, -0.2) is 0 Å². The minimum absolute atomic E-state index is 0.449. The Hall–Kier alpha value is -1.90. The van der Waals surface area contributed by atoms with E-state index in [1.807, 2.05) is 6.21 Å². The molecule has 1 aliphatic rings. The predicted molar refractivity (Wildman–Crippen MR) is 100 cm³/mol. The van der Waals surface area contributed by atoms with Crippen LogP contribution in [0.3, 0.4) is 0 Å². The minimum atomic E-state index is 0.449. The van der Waals surface area contributed by atoms with Gasteiger partial charge in [-0.2, -0.15) is 10.2 Å². The zero-order chi connectivity index (χ0) is 16.7. The molecule has 1 atom stereocenters. The van der Waals surface area contributed by atoms with E-state index < -0.39 is 0 Å². The van der Waals surface area contributed by atoms with Crippen molar-refractivity contribution in [3.8, 4) is 0 Å². The highest BCUT2D eigenvalue weighted by Crippen LogP contribution is 2.23. The highest BCUT2D eigenvalue weighted by atomic mass is 15.2. The molecule has 23 heavy (non-hydrogen) atoms. The zero-order valence-corrected chi connectivity index (χ0v) is 14.7. The number of hydrogen-bond donors (Lipinski definition) is 0. The molecule has 0 radical (unpaired) electrons. The summed E-state index contributed by atoms with van der Waals surface area (Å²) in [5.74, 6) is 0.956. The van der Waals surface area contributed by atoms with Gasteiger partial charge in [-0.05, 0) is 37.7 Å². The molecule has 1 aliphatic heterocycles. The molecule has 0 amide bonds. The molecule has 1 saturated heterocycles. The van der Waals surface area contributed by atoms with E-state index in [2.05, 4.69) is 72.8 Å². The molecule has 124 valence electrons. The lowest BCUT2D eigenvalue weighted by atomic mass is 10.0. The summed E-state index contributed by atoms with van der Waals surface area (Å²) in [6.07, 6.45) is 5.14. The molecule has 0 spiro atoms.